The second-order valence-corrected chi connectivity index (χ2v) is 5.46. The summed E-state index contributed by atoms with van der Waals surface area (Å²) in [5.41, 5.74) is 0. The van der Waals surface area contributed by atoms with Crippen molar-refractivity contribution in [2.45, 2.75) is 30.0 Å². The third kappa shape index (κ3) is 0.734. The maximum absolute atomic E-state index is 6.31. The van der Waals surface area contributed by atoms with Gasteiger partial charge in [0.05, 0.1) is 0 Å². The summed E-state index contributed by atoms with van der Waals surface area (Å²) in [4.78, 5) is 0. The molecule has 4 aliphatic carbocycles. The topological polar surface area (TPSA) is 0 Å². The minimum absolute atomic E-state index is 0.418. The second kappa shape index (κ2) is 2.09. The quantitative estimate of drug-likeness (QED) is 0.516. The van der Waals surface area contributed by atoms with Crippen LogP contribution in [0.25, 0.3) is 0 Å². The molecule has 4 bridgehead atoms. The van der Waals surface area contributed by atoms with E-state index in [9.17, 15) is 0 Å². The van der Waals surface area contributed by atoms with Crippen molar-refractivity contribution in [3.63, 3.8) is 0 Å². The van der Waals surface area contributed by atoms with Crippen LogP contribution in [0.2, 0.25) is 0 Å². The monoisotopic (exact) mass is 190 g/mol. The Labute approximate surface area is 77.2 Å². The molecule has 0 spiro atoms. The van der Waals surface area contributed by atoms with E-state index in [1.165, 1.54) is 19.3 Å². The molecule has 0 heterocycles. The minimum atomic E-state index is 0.418. The lowest BCUT2D eigenvalue weighted by atomic mass is 9.81. The van der Waals surface area contributed by atoms with Crippen molar-refractivity contribution in [2.75, 3.05) is 0 Å². The van der Waals surface area contributed by atoms with E-state index in [-0.39, 0.29) is 0 Å². The van der Waals surface area contributed by atoms with Gasteiger partial charge >= 0.3 is 0 Å². The lowest BCUT2D eigenvalue weighted by Crippen LogP contribution is -2.32. The highest BCUT2D eigenvalue weighted by atomic mass is 35.5. The molecule has 0 saturated heterocycles. The molecule has 4 aliphatic rings. The van der Waals surface area contributed by atoms with Crippen LogP contribution < -0.4 is 0 Å². The fraction of sp³-hybridized carbons (Fsp3) is 1.00. The zero-order valence-corrected chi connectivity index (χ0v) is 7.85. The van der Waals surface area contributed by atoms with Crippen molar-refractivity contribution >= 4 is 23.2 Å². The van der Waals surface area contributed by atoms with Crippen LogP contribution in [0.1, 0.15) is 19.3 Å². The second-order valence-electron chi connectivity index (χ2n) is 4.45. The Morgan fingerprint density at radius 1 is 0.727 bits per heavy atom. The van der Waals surface area contributed by atoms with Crippen LogP contribution in [0.4, 0.5) is 0 Å². The van der Waals surface area contributed by atoms with Crippen molar-refractivity contribution in [1.29, 1.82) is 0 Å². The first-order valence-corrected chi connectivity index (χ1v) is 5.43. The van der Waals surface area contributed by atoms with E-state index in [4.69, 9.17) is 23.2 Å². The normalized spacial score (nSPS) is 66.0. The van der Waals surface area contributed by atoms with Crippen LogP contribution in [0.3, 0.4) is 0 Å². The molecule has 0 aliphatic heterocycles. The van der Waals surface area contributed by atoms with Gasteiger partial charge < -0.3 is 0 Å². The summed E-state index contributed by atoms with van der Waals surface area (Å²) in [6.07, 6.45) is 4.06. The first kappa shape index (κ1) is 7.03. The molecule has 0 amide bonds. The van der Waals surface area contributed by atoms with Crippen LogP contribution in [-0.4, -0.2) is 10.8 Å². The van der Waals surface area contributed by atoms with Crippen molar-refractivity contribution in [3.05, 3.63) is 0 Å². The molecule has 0 N–H and O–H groups in total. The Morgan fingerprint density at radius 2 is 1.18 bits per heavy atom. The summed E-state index contributed by atoms with van der Waals surface area (Å²) in [6, 6.07) is 0. The Kier molecular flexibility index (Phi) is 1.33. The summed E-state index contributed by atoms with van der Waals surface area (Å²) in [5.74, 6) is 3.20. The first-order chi connectivity index (χ1) is 5.27. The molecule has 4 fully saturated rings. The van der Waals surface area contributed by atoms with Crippen molar-refractivity contribution in [3.8, 4) is 0 Å². The Hall–Kier alpha value is 0.580. The predicted octanol–water partition coefficient (Wildman–Crippen LogP) is 2.88. The van der Waals surface area contributed by atoms with Crippen LogP contribution in [0, 0.1) is 23.7 Å². The van der Waals surface area contributed by atoms with Crippen molar-refractivity contribution in [1.82, 2.24) is 0 Å². The molecule has 4 atom stereocenters. The Balaban J connectivity index is 2.00. The maximum Gasteiger partial charge on any atom is 0.0409 e. The molecule has 0 radical (unpaired) electrons. The first-order valence-electron chi connectivity index (χ1n) is 4.55. The zero-order chi connectivity index (χ0) is 7.59. The zero-order valence-electron chi connectivity index (χ0n) is 6.34. The van der Waals surface area contributed by atoms with Crippen LogP contribution >= 0.6 is 23.2 Å². The molecule has 0 aromatic heterocycles. The number of rotatable bonds is 0. The fourth-order valence-corrected chi connectivity index (χ4v) is 4.82. The smallest absolute Gasteiger partial charge is 0.0409 e. The number of hydrogen-bond donors (Lipinski definition) is 0. The van der Waals surface area contributed by atoms with E-state index in [0.717, 1.165) is 17.8 Å². The van der Waals surface area contributed by atoms with Gasteiger partial charge in [0.2, 0.25) is 0 Å². The van der Waals surface area contributed by atoms with E-state index in [2.05, 4.69) is 0 Å². The highest BCUT2D eigenvalue weighted by molar-refractivity contribution is 6.25. The summed E-state index contributed by atoms with van der Waals surface area (Å²) >= 11 is 12.6. The van der Waals surface area contributed by atoms with E-state index in [1.807, 2.05) is 0 Å². The average molecular weight is 191 g/mol. The molecule has 4 rings (SSSR count). The van der Waals surface area contributed by atoms with Crippen LogP contribution in [-0.2, 0) is 0 Å². The summed E-state index contributed by atoms with van der Waals surface area (Å²) < 4.78 is 0. The lowest BCUT2D eigenvalue weighted by molar-refractivity contribution is 0.287. The van der Waals surface area contributed by atoms with Gasteiger partial charge in [-0.3, -0.25) is 0 Å². The van der Waals surface area contributed by atoms with E-state index < -0.39 is 0 Å². The SMILES string of the molecule is ClC1C2CC3CC(C2)C1C3Cl. The number of halogens is 2. The largest absolute Gasteiger partial charge is 0.122 e. The van der Waals surface area contributed by atoms with Crippen molar-refractivity contribution < 1.29 is 0 Å². The van der Waals surface area contributed by atoms with Gasteiger partial charge in [0.25, 0.3) is 0 Å². The number of alkyl halides is 2. The van der Waals surface area contributed by atoms with Gasteiger partial charge in [-0.1, -0.05) is 0 Å². The third-order valence-corrected chi connectivity index (χ3v) is 5.29. The van der Waals surface area contributed by atoms with Crippen molar-refractivity contribution in [2.24, 2.45) is 23.7 Å². The molecule has 0 aromatic carbocycles. The molecular formula is C9H12Cl2. The molecular weight excluding hydrogens is 179 g/mol. The molecule has 4 saturated carbocycles. The highest BCUT2D eigenvalue weighted by Gasteiger charge is 2.57. The van der Waals surface area contributed by atoms with Gasteiger partial charge in [0.15, 0.2) is 0 Å². The van der Waals surface area contributed by atoms with E-state index in [1.54, 1.807) is 0 Å². The predicted molar refractivity (Wildman–Crippen MR) is 47.1 cm³/mol. The highest BCUT2D eigenvalue weighted by Crippen LogP contribution is 2.61. The van der Waals surface area contributed by atoms with Crippen LogP contribution in [0.15, 0.2) is 0 Å². The molecule has 0 aromatic rings. The standard InChI is InChI=1S/C9H12Cl2/c10-8-5-1-4-2-6(3-5)9(11)7(4)8/h4-9H,1-3H2. The maximum atomic E-state index is 6.31. The molecule has 0 nitrogen and oxygen atoms in total. The minimum Gasteiger partial charge on any atom is -0.122 e. The van der Waals surface area contributed by atoms with Gasteiger partial charge in [0.1, 0.15) is 0 Å². The van der Waals surface area contributed by atoms with Gasteiger partial charge in [-0.25, -0.2) is 0 Å². The summed E-state index contributed by atoms with van der Waals surface area (Å²) in [7, 11) is 0. The Bertz CT molecular complexity index is 171. The average Bonchev–Trinajstić information content (AvgIpc) is 2.33. The molecule has 11 heavy (non-hydrogen) atoms. The van der Waals surface area contributed by atoms with Crippen LogP contribution in [0.5, 0.6) is 0 Å². The molecule has 2 heteroatoms. The van der Waals surface area contributed by atoms with Gasteiger partial charge in [0, 0.05) is 10.8 Å². The fourth-order valence-electron chi connectivity index (χ4n) is 3.61. The van der Waals surface area contributed by atoms with Gasteiger partial charge in [-0.05, 0) is 42.9 Å². The Morgan fingerprint density at radius 3 is 1.64 bits per heavy atom. The van der Waals surface area contributed by atoms with E-state index >= 15 is 0 Å². The molecule has 4 unspecified atom stereocenters. The van der Waals surface area contributed by atoms with E-state index in [0.29, 0.717) is 16.7 Å². The van der Waals surface area contributed by atoms with Gasteiger partial charge in [-0.2, -0.15) is 0 Å². The summed E-state index contributed by atoms with van der Waals surface area (Å²) in [5, 5.41) is 0.836. The summed E-state index contributed by atoms with van der Waals surface area (Å²) in [6.45, 7) is 0. The number of hydrogen-bond acceptors (Lipinski definition) is 0. The third-order valence-electron chi connectivity index (χ3n) is 4.00. The molecule has 62 valence electrons. The lowest BCUT2D eigenvalue weighted by Gasteiger charge is -2.31. The van der Waals surface area contributed by atoms with Gasteiger partial charge in [-0.15, -0.1) is 23.2 Å².